The van der Waals surface area contributed by atoms with Crippen LogP contribution in [0.5, 0.6) is 11.5 Å². The minimum Gasteiger partial charge on any atom is -0.507 e. The smallest absolute Gasteiger partial charge is 0.124 e. The zero-order valence-electron chi connectivity index (χ0n) is 13.2. The van der Waals surface area contributed by atoms with Crippen LogP contribution >= 0.6 is 0 Å². The maximum absolute atomic E-state index is 10.4. The Labute approximate surface area is 141 Å². The highest BCUT2D eigenvalue weighted by atomic mass is 16.3. The summed E-state index contributed by atoms with van der Waals surface area (Å²) in [7, 11) is 0. The Balaban J connectivity index is 2.37. The standard InChI is InChI=1S/C22H18O2/c1-3-15-9-7-13-19(23)21(15)17-11-5-6-12-18(17)22-16(4-2)10-8-14-20(22)24/h3-14,23-24H,1-2H2. The van der Waals surface area contributed by atoms with Crippen LogP contribution in [0.4, 0.5) is 0 Å². The Bertz CT molecular complexity index is 847. The van der Waals surface area contributed by atoms with Gasteiger partial charge in [0, 0.05) is 11.1 Å². The van der Waals surface area contributed by atoms with Crippen LogP contribution < -0.4 is 0 Å². The van der Waals surface area contributed by atoms with Crippen molar-refractivity contribution in [2.75, 3.05) is 0 Å². The highest BCUT2D eigenvalue weighted by Crippen LogP contribution is 2.43. The number of benzene rings is 3. The molecule has 0 aliphatic rings. The summed E-state index contributed by atoms with van der Waals surface area (Å²) in [6.45, 7) is 7.67. The number of aromatic hydroxyl groups is 2. The van der Waals surface area contributed by atoms with Gasteiger partial charge >= 0.3 is 0 Å². The SMILES string of the molecule is C=Cc1cccc(O)c1-c1ccccc1-c1c(O)cccc1C=C. The molecule has 2 nitrogen and oxygen atoms in total. The van der Waals surface area contributed by atoms with Crippen LogP contribution in [-0.4, -0.2) is 10.2 Å². The van der Waals surface area contributed by atoms with Crippen LogP contribution in [0, 0.1) is 0 Å². The maximum Gasteiger partial charge on any atom is 0.124 e. The molecule has 3 rings (SSSR count). The molecule has 0 bridgehead atoms. The molecular formula is C22H18O2. The van der Waals surface area contributed by atoms with Crippen LogP contribution in [0.15, 0.2) is 73.8 Å². The van der Waals surface area contributed by atoms with Crippen LogP contribution in [-0.2, 0) is 0 Å². The lowest BCUT2D eigenvalue weighted by Gasteiger charge is -2.16. The fraction of sp³-hybridized carbons (Fsp3) is 0. The predicted molar refractivity (Wildman–Crippen MR) is 101 cm³/mol. The Morgan fingerprint density at radius 2 is 1.00 bits per heavy atom. The molecule has 3 aromatic carbocycles. The molecule has 0 aliphatic heterocycles. The van der Waals surface area contributed by atoms with Crippen molar-refractivity contribution >= 4 is 12.2 Å². The first-order chi connectivity index (χ1) is 11.7. The molecule has 0 saturated heterocycles. The quantitative estimate of drug-likeness (QED) is 0.646. The Morgan fingerprint density at radius 1 is 0.583 bits per heavy atom. The first-order valence-corrected chi connectivity index (χ1v) is 7.66. The second kappa shape index (κ2) is 6.47. The van der Waals surface area contributed by atoms with Gasteiger partial charge in [-0.3, -0.25) is 0 Å². The highest BCUT2D eigenvalue weighted by Gasteiger charge is 2.17. The zero-order chi connectivity index (χ0) is 17.1. The summed E-state index contributed by atoms with van der Waals surface area (Å²) in [5, 5.41) is 20.8. The molecule has 0 radical (unpaired) electrons. The van der Waals surface area contributed by atoms with E-state index < -0.39 is 0 Å². The van der Waals surface area contributed by atoms with Crippen molar-refractivity contribution in [3.05, 3.63) is 84.9 Å². The molecule has 0 fully saturated rings. The summed E-state index contributed by atoms with van der Waals surface area (Å²) in [4.78, 5) is 0. The van der Waals surface area contributed by atoms with E-state index in [4.69, 9.17) is 0 Å². The molecule has 2 heteroatoms. The molecule has 0 unspecified atom stereocenters. The van der Waals surface area contributed by atoms with E-state index in [0.717, 1.165) is 22.3 Å². The third-order valence-corrected chi connectivity index (χ3v) is 4.05. The van der Waals surface area contributed by atoms with Gasteiger partial charge in [0.2, 0.25) is 0 Å². The molecule has 0 heterocycles. The lowest BCUT2D eigenvalue weighted by Crippen LogP contribution is -1.91. The van der Waals surface area contributed by atoms with E-state index in [-0.39, 0.29) is 11.5 Å². The lowest BCUT2D eigenvalue weighted by molar-refractivity contribution is 0.476. The summed E-state index contributed by atoms with van der Waals surface area (Å²) in [6.07, 6.45) is 3.43. The Kier molecular flexibility index (Phi) is 4.21. The average molecular weight is 314 g/mol. The van der Waals surface area contributed by atoms with Crippen molar-refractivity contribution in [1.82, 2.24) is 0 Å². The molecule has 24 heavy (non-hydrogen) atoms. The summed E-state index contributed by atoms with van der Waals surface area (Å²) in [5.41, 5.74) is 4.71. The molecule has 2 N–H and O–H groups in total. The van der Waals surface area contributed by atoms with Crippen LogP contribution in [0.2, 0.25) is 0 Å². The fourth-order valence-electron chi connectivity index (χ4n) is 2.96. The second-order valence-corrected chi connectivity index (χ2v) is 5.44. The minimum absolute atomic E-state index is 0.176. The van der Waals surface area contributed by atoms with E-state index in [1.807, 2.05) is 36.4 Å². The summed E-state index contributed by atoms with van der Waals surface area (Å²) in [6, 6.07) is 18.3. The van der Waals surface area contributed by atoms with Gasteiger partial charge in [-0.1, -0.05) is 73.8 Å². The van der Waals surface area contributed by atoms with E-state index in [1.165, 1.54) is 0 Å². The van der Waals surface area contributed by atoms with E-state index in [2.05, 4.69) is 13.2 Å². The molecule has 0 aromatic heterocycles. The number of hydrogen-bond acceptors (Lipinski definition) is 2. The van der Waals surface area contributed by atoms with Gasteiger partial charge in [0.15, 0.2) is 0 Å². The van der Waals surface area contributed by atoms with E-state index >= 15 is 0 Å². The van der Waals surface area contributed by atoms with E-state index in [0.29, 0.717) is 11.1 Å². The van der Waals surface area contributed by atoms with Crippen molar-refractivity contribution in [3.63, 3.8) is 0 Å². The maximum atomic E-state index is 10.4. The summed E-state index contributed by atoms with van der Waals surface area (Å²) >= 11 is 0. The topological polar surface area (TPSA) is 40.5 Å². The van der Waals surface area contributed by atoms with Crippen LogP contribution in [0.25, 0.3) is 34.4 Å². The Morgan fingerprint density at radius 3 is 1.38 bits per heavy atom. The number of hydrogen-bond donors (Lipinski definition) is 2. The molecule has 0 amide bonds. The van der Waals surface area contributed by atoms with Gasteiger partial charge in [-0.25, -0.2) is 0 Å². The molecular weight excluding hydrogens is 296 g/mol. The van der Waals surface area contributed by atoms with Crippen molar-refractivity contribution in [2.45, 2.75) is 0 Å². The molecule has 0 saturated carbocycles. The minimum atomic E-state index is 0.176. The number of phenolic OH excluding ortho intramolecular Hbond substituents is 2. The normalized spacial score (nSPS) is 10.3. The molecule has 118 valence electrons. The first-order valence-electron chi connectivity index (χ1n) is 7.66. The van der Waals surface area contributed by atoms with E-state index in [1.54, 1.807) is 36.4 Å². The largest absolute Gasteiger partial charge is 0.507 e. The number of rotatable bonds is 4. The molecule has 0 aliphatic carbocycles. The van der Waals surface area contributed by atoms with Crippen molar-refractivity contribution < 1.29 is 10.2 Å². The lowest BCUT2D eigenvalue weighted by atomic mass is 9.89. The van der Waals surface area contributed by atoms with Crippen molar-refractivity contribution in [1.29, 1.82) is 0 Å². The van der Waals surface area contributed by atoms with Gasteiger partial charge in [-0.05, 0) is 34.4 Å². The fourth-order valence-corrected chi connectivity index (χ4v) is 2.96. The molecule has 3 aromatic rings. The molecule has 0 spiro atoms. The summed E-state index contributed by atoms with van der Waals surface area (Å²) < 4.78 is 0. The van der Waals surface area contributed by atoms with Crippen LogP contribution in [0.1, 0.15) is 11.1 Å². The van der Waals surface area contributed by atoms with Gasteiger partial charge in [0.1, 0.15) is 11.5 Å². The summed E-state index contributed by atoms with van der Waals surface area (Å²) in [5.74, 6) is 0.353. The van der Waals surface area contributed by atoms with Gasteiger partial charge < -0.3 is 10.2 Å². The van der Waals surface area contributed by atoms with E-state index in [9.17, 15) is 10.2 Å². The third-order valence-electron chi connectivity index (χ3n) is 4.05. The second-order valence-electron chi connectivity index (χ2n) is 5.44. The average Bonchev–Trinajstić information content (AvgIpc) is 2.61. The number of phenols is 2. The third kappa shape index (κ3) is 2.59. The van der Waals surface area contributed by atoms with Crippen LogP contribution in [0.3, 0.4) is 0 Å². The van der Waals surface area contributed by atoms with Gasteiger partial charge in [0.05, 0.1) is 0 Å². The molecule has 0 atom stereocenters. The van der Waals surface area contributed by atoms with Gasteiger partial charge in [-0.15, -0.1) is 0 Å². The van der Waals surface area contributed by atoms with Gasteiger partial charge in [-0.2, -0.15) is 0 Å². The van der Waals surface area contributed by atoms with Crippen molar-refractivity contribution in [3.8, 4) is 33.8 Å². The predicted octanol–water partition coefficient (Wildman–Crippen LogP) is 5.72. The highest BCUT2D eigenvalue weighted by molar-refractivity contribution is 5.94. The Hall–Kier alpha value is -3.26. The monoisotopic (exact) mass is 314 g/mol. The van der Waals surface area contributed by atoms with Crippen molar-refractivity contribution in [2.24, 2.45) is 0 Å². The van der Waals surface area contributed by atoms with Gasteiger partial charge in [0.25, 0.3) is 0 Å². The zero-order valence-corrected chi connectivity index (χ0v) is 13.2. The first kappa shape index (κ1) is 15.6.